The van der Waals surface area contributed by atoms with Gasteiger partial charge in [-0.05, 0) is 36.4 Å². The number of aromatic hydroxyl groups is 1. The van der Waals surface area contributed by atoms with E-state index in [9.17, 15) is 5.11 Å². The maximum Gasteiger partial charge on any atom is 0.238 e. The van der Waals surface area contributed by atoms with E-state index < -0.39 is 0 Å². The van der Waals surface area contributed by atoms with Crippen molar-refractivity contribution in [2.24, 2.45) is 4.99 Å². The number of fused-ring (bicyclic) bond motifs is 1. The predicted octanol–water partition coefficient (Wildman–Crippen LogP) is 4.40. The minimum Gasteiger partial charge on any atom is -0.492 e. The smallest absolute Gasteiger partial charge is 0.238 e. The molecule has 1 saturated heterocycles. The van der Waals surface area contributed by atoms with Gasteiger partial charge in [0.15, 0.2) is 5.82 Å². The van der Waals surface area contributed by atoms with Crippen LogP contribution in [0, 0.1) is 0 Å². The Bertz CT molecular complexity index is 1160. The molecule has 2 aromatic heterocycles. The van der Waals surface area contributed by atoms with Crippen LogP contribution in [-0.2, 0) is 0 Å². The summed E-state index contributed by atoms with van der Waals surface area (Å²) in [6, 6.07) is 9.50. The highest BCUT2D eigenvalue weighted by molar-refractivity contribution is 6.42. The molecule has 1 aromatic carbocycles. The van der Waals surface area contributed by atoms with Crippen LogP contribution >= 0.6 is 23.2 Å². The molecule has 2 aliphatic rings. The molecular formula is C21H18Cl2N6O. The first kappa shape index (κ1) is 19.0. The van der Waals surface area contributed by atoms with E-state index in [0.29, 0.717) is 27.5 Å². The lowest BCUT2D eigenvalue weighted by atomic mass is 10.1. The summed E-state index contributed by atoms with van der Waals surface area (Å²) in [6.45, 7) is 3.14. The van der Waals surface area contributed by atoms with E-state index >= 15 is 0 Å². The molecule has 0 bridgehead atoms. The average molecular weight is 441 g/mol. The van der Waals surface area contributed by atoms with Gasteiger partial charge in [0.25, 0.3) is 0 Å². The molecule has 2 aliphatic heterocycles. The first-order chi connectivity index (χ1) is 14.6. The topological polar surface area (TPSA) is 80.6 Å². The van der Waals surface area contributed by atoms with E-state index in [-0.39, 0.29) is 5.88 Å². The van der Waals surface area contributed by atoms with E-state index in [1.165, 1.54) is 0 Å². The third-order valence-electron chi connectivity index (χ3n) is 5.27. The number of imidazole rings is 1. The molecule has 0 aliphatic carbocycles. The van der Waals surface area contributed by atoms with Gasteiger partial charge in [-0.15, -0.1) is 0 Å². The third kappa shape index (κ3) is 3.51. The van der Waals surface area contributed by atoms with Crippen molar-refractivity contribution in [3.05, 3.63) is 57.8 Å². The van der Waals surface area contributed by atoms with E-state index in [1.54, 1.807) is 12.4 Å². The van der Waals surface area contributed by atoms with Crippen LogP contribution in [0.1, 0.15) is 11.3 Å². The highest BCUT2D eigenvalue weighted by Crippen LogP contribution is 2.32. The van der Waals surface area contributed by atoms with Gasteiger partial charge in [0.1, 0.15) is 5.69 Å². The van der Waals surface area contributed by atoms with Gasteiger partial charge >= 0.3 is 0 Å². The monoisotopic (exact) mass is 440 g/mol. The average Bonchev–Trinajstić information content (AvgIpc) is 3.34. The SMILES string of the molecule is Oc1nc(N2CCN(c3ccc(Cl)c(Cl)c3)CC2)[nH]c1/C=C1\C=Nc2ncccc21. The summed E-state index contributed by atoms with van der Waals surface area (Å²) in [6.07, 6.45) is 5.30. The van der Waals surface area contributed by atoms with E-state index in [4.69, 9.17) is 23.2 Å². The Morgan fingerprint density at radius 1 is 1.03 bits per heavy atom. The number of halogens is 2. The second kappa shape index (κ2) is 7.66. The number of pyridine rings is 1. The second-order valence-electron chi connectivity index (χ2n) is 7.10. The molecule has 3 aromatic rings. The molecule has 7 nitrogen and oxygen atoms in total. The van der Waals surface area contributed by atoms with Gasteiger partial charge in [-0.25, -0.2) is 9.98 Å². The van der Waals surface area contributed by atoms with Crippen LogP contribution < -0.4 is 9.80 Å². The summed E-state index contributed by atoms with van der Waals surface area (Å²) in [4.78, 5) is 20.5. The lowest BCUT2D eigenvalue weighted by molar-refractivity contribution is 0.455. The summed E-state index contributed by atoms with van der Waals surface area (Å²) < 4.78 is 0. The molecule has 0 radical (unpaired) electrons. The number of aromatic amines is 1. The maximum absolute atomic E-state index is 10.3. The van der Waals surface area contributed by atoms with Crippen molar-refractivity contribution in [3.8, 4) is 5.88 Å². The number of nitrogens with zero attached hydrogens (tertiary/aromatic N) is 5. The van der Waals surface area contributed by atoms with Crippen LogP contribution in [0.3, 0.4) is 0 Å². The predicted molar refractivity (Wildman–Crippen MR) is 121 cm³/mol. The second-order valence-corrected chi connectivity index (χ2v) is 7.92. The Hall–Kier alpha value is -3.03. The van der Waals surface area contributed by atoms with Gasteiger partial charge in [0.2, 0.25) is 11.8 Å². The van der Waals surface area contributed by atoms with Gasteiger partial charge < -0.3 is 19.9 Å². The van der Waals surface area contributed by atoms with Crippen LogP contribution in [0.2, 0.25) is 10.0 Å². The molecule has 0 atom stereocenters. The van der Waals surface area contributed by atoms with Crippen molar-refractivity contribution in [1.82, 2.24) is 15.0 Å². The first-order valence-electron chi connectivity index (χ1n) is 9.53. The number of hydrogen-bond acceptors (Lipinski definition) is 6. The van der Waals surface area contributed by atoms with Gasteiger partial charge in [0, 0.05) is 55.4 Å². The number of benzene rings is 1. The summed E-state index contributed by atoms with van der Waals surface area (Å²) in [7, 11) is 0. The summed E-state index contributed by atoms with van der Waals surface area (Å²) in [5.41, 5.74) is 3.41. The lowest BCUT2D eigenvalue weighted by Gasteiger charge is -2.36. The number of H-pyrrole nitrogens is 1. The number of anilines is 2. The van der Waals surface area contributed by atoms with Crippen molar-refractivity contribution in [3.63, 3.8) is 0 Å². The van der Waals surface area contributed by atoms with Crippen molar-refractivity contribution >= 4 is 58.5 Å². The molecule has 5 rings (SSSR count). The fourth-order valence-corrected chi connectivity index (χ4v) is 3.96. The number of piperazine rings is 1. The van der Waals surface area contributed by atoms with Crippen LogP contribution in [0.5, 0.6) is 5.88 Å². The number of nitrogens with one attached hydrogen (secondary N) is 1. The number of aromatic nitrogens is 3. The Morgan fingerprint density at radius 2 is 1.83 bits per heavy atom. The summed E-state index contributed by atoms with van der Waals surface area (Å²) in [5, 5.41) is 11.5. The van der Waals surface area contributed by atoms with Gasteiger partial charge in [-0.1, -0.05) is 23.2 Å². The van der Waals surface area contributed by atoms with Gasteiger partial charge in [-0.2, -0.15) is 4.98 Å². The number of hydrogen-bond donors (Lipinski definition) is 2. The lowest BCUT2D eigenvalue weighted by Crippen LogP contribution is -2.47. The largest absolute Gasteiger partial charge is 0.492 e. The molecule has 30 heavy (non-hydrogen) atoms. The quantitative estimate of drug-likeness (QED) is 0.630. The Morgan fingerprint density at radius 3 is 2.63 bits per heavy atom. The zero-order valence-electron chi connectivity index (χ0n) is 15.9. The van der Waals surface area contributed by atoms with Crippen molar-refractivity contribution < 1.29 is 5.11 Å². The molecule has 0 unspecified atom stereocenters. The normalized spacial score (nSPS) is 17.1. The maximum atomic E-state index is 10.3. The van der Waals surface area contributed by atoms with Gasteiger partial charge in [0.05, 0.1) is 10.0 Å². The number of allylic oxidation sites excluding steroid dienone is 1. The first-order valence-corrected chi connectivity index (χ1v) is 10.3. The molecule has 1 fully saturated rings. The Kier molecular flexibility index (Phi) is 4.84. The molecule has 2 N–H and O–H groups in total. The molecule has 4 heterocycles. The van der Waals surface area contributed by atoms with Gasteiger partial charge in [-0.3, -0.25) is 0 Å². The third-order valence-corrected chi connectivity index (χ3v) is 6.01. The van der Waals surface area contributed by atoms with Crippen LogP contribution in [0.4, 0.5) is 17.5 Å². The highest BCUT2D eigenvalue weighted by Gasteiger charge is 2.22. The number of rotatable bonds is 3. The molecule has 0 amide bonds. The summed E-state index contributed by atoms with van der Waals surface area (Å²) >= 11 is 12.2. The molecular weight excluding hydrogens is 423 g/mol. The Balaban J connectivity index is 1.31. The van der Waals surface area contributed by atoms with Crippen molar-refractivity contribution in [1.29, 1.82) is 0 Å². The van der Waals surface area contributed by atoms with Crippen molar-refractivity contribution in [2.75, 3.05) is 36.0 Å². The zero-order valence-corrected chi connectivity index (χ0v) is 17.4. The summed E-state index contributed by atoms with van der Waals surface area (Å²) in [5.74, 6) is 1.30. The fourth-order valence-electron chi connectivity index (χ4n) is 3.67. The van der Waals surface area contributed by atoms with Crippen molar-refractivity contribution in [2.45, 2.75) is 0 Å². The molecule has 0 spiro atoms. The van der Waals surface area contributed by atoms with E-state index in [1.807, 2.05) is 36.4 Å². The number of aliphatic imine (C=N–C) groups is 1. The minimum atomic E-state index is -0.0323. The standard InChI is InChI=1S/C21H18Cl2N6O/c22-16-4-3-14(11-17(16)23)28-6-8-29(9-7-28)21-26-18(20(30)27-21)10-13-12-25-19-15(13)2-1-5-24-19/h1-5,10-12,30H,6-9H2,(H,26,27)/b13-10+. The van der Waals surface area contributed by atoms with E-state index in [2.05, 4.69) is 29.7 Å². The van der Waals surface area contributed by atoms with E-state index in [0.717, 1.165) is 43.0 Å². The minimum absolute atomic E-state index is 0.0323. The highest BCUT2D eigenvalue weighted by atomic mass is 35.5. The molecule has 9 heteroatoms. The van der Waals surface area contributed by atoms with Crippen LogP contribution in [-0.4, -0.2) is 52.5 Å². The molecule has 152 valence electrons. The zero-order chi connectivity index (χ0) is 20.7. The Labute approximate surface area is 183 Å². The van der Waals surface area contributed by atoms with Crippen LogP contribution in [0.15, 0.2) is 41.5 Å². The fraction of sp³-hybridized carbons (Fsp3) is 0.190. The van der Waals surface area contributed by atoms with Crippen LogP contribution in [0.25, 0.3) is 11.6 Å². The molecule has 0 saturated carbocycles.